The van der Waals surface area contributed by atoms with E-state index in [1.165, 1.54) is 11.1 Å². The number of aryl methyl sites for hydroxylation is 1. The predicted octanol–water partition coefficient (Wildman–Crippen LogP) is 3.28. The largest absolute Gasteiger partial charge is 0.493 e. The predicted molar refractivity (Wildman–Crippen MR) is 98.8 cm³/mol. The second-order valence-electron chi connectivity index (χ2n) is 5.80. The smallest absolute Gasteiger partial charge is 0.166 e. The Hall–Kier alpha value is -2.04. The number of ether oxygens (including phenoxy) is 2. The van der Waals surface area contributed by atoms with Crippen molar-refractivity contribution in [1.29, 1.82) is 0 Å². The lowest BCUT2D eigenvalue weighted by Crippen LogP contribution is -2.19. The summed E-state index contributed by atoms with van der Waals surface area (Å²) in [5, 5.41) is 6.62. The van der Waals surface area contributed by atoms with E-state index in [1.807, 2.05) is 31.3 Å². The Morgan fingerprint density at radius 3 is 2.50 bits per heavy atom. The molecule has 0 saturated carbocycles. The third-order valence-corrected chi connectivity index (χ3v) is 4.01. The van der Waals surface area contributed by atoms with Gasteiger partial charge in [0.25, 0.3) is 0 Å². The summed E-state index contributed by atoms with van der Waals surface area (Å²) in [6, 6.07) is 14.3. The summed E-state index contributed by atoms with van der Waals surface area (Å²) >= 11 is 0. The van der Waals surface area contributed by atoms with Crippen LogP contribution in [0.3, 0.4) is 0 Å². The molecule has 0 saturated heterocycles. The molecule has 2 aromatic rings. The third kappa shape index (κ3) is 5.25. The molecule has 0 bridgehead atoms. The highest BCUT2D eigenvalue weighted by molar-refractivity contribution is 5.46. The molecule has 0 spiro atoms. The average Bonchev–Trinajstić information content (AvgIpc) is 2.61. The van der Waals surface area contributed by atoms with Gasteiger partial charge in [-0.05, 0) is 50.7 Å². The zero-order valence-electron chi connectivity index (χ0n) is 14.9. The van der Waals surface area contributed by atoms with Crippen LogP contribution in [-0.2, 0) is 13.2 Å². The van der Waals surface area contributed by atoms with Crippen LogP contribution in [0, 0.1) is 6.92 Å². The maximum atomic E-state index is 6.13. The van der Waals surface area contributed by atoms with Gasteiger partial charge >= 0.3 is 0 Å². The van der Waals surface area contributed by atoms with Crippen molar-refractivity contribution in [3.8, 4) is 11.5 Å². The molecule has 2 rings (SSSR count). The van der Waals surface area contributed by atoms with E-state index in [2.05, 4.69) is 35.8 Å². The Balaban J connectivity index is 2.04. The summed E-state index contributed by atoms with van der Waals surface area (Å²) in [6.45, 7) is 5.39. The number of benzene rings is 2. The molecule has 0 aromatic heterocycles. The number of hydrogen-bond acceptors (Lipinski definition) is 4. The van der Waals surface area contributed by atoms with Gasteiger partial charge in [-0.25, -0.2) is 0 Å². The summed E-state index contributed by atoms with van der Waals surface area (Å²) in [4.78, 5) is 0. The Morgan fingerprint density at radius 2 is 1.75 bits per heavy atom. The van der Waals surface area contributed by atoms with E-state index >= 15 is 0 Å². The average molecular weight is 328 g/mol. The maximum absolute atomic E-state index is 6.13. The second kappa shape index (κ2) is 9.96. The molecule has 2 aromatic carbocycles. The van der Waals surface area contributed by atoms with E-state index in [9.17, 15) is 0 Å². The highest BCUT2D eigenvalue weighted by Gasteiger charge is 2.11. The molecule has 0 fully saturated rings. The molecule has 4 nitrogen and oxygen atoms in total. The number of hydrogen-bond donors (Lipinski definition) is 2. The molecule has 130 valence electrons. The standard InChI is InChI=1S/C20H28N2O2/c1-16-8-4-5-9-18(16)15-24-20-17(10-6-11-19(20)23-3)14-22-13-7-12-21-2/h4-6,8-11,21-22H,7,12-15H2,1-3H3. The number of rotatable bonds is 10. The van der Waals surface area contributed by atoms with Gasteiger partial charge in [0.15, 0.2) is 11.5 Å². The van der Waals surface area contributed by atoms with Crippen molar-refractivity contribution in [2.75, 3.05) is 27.2 Å². The number of para-hydroxylation sites is 1. The minimum absolute atomic E-state index is 0.541. The number of nitrogens with one attached hydrogen (secondary N) is 2. The first-order valence-corrected chi connectivity index (χ1v) is 8.44. The minimum Gasteiger partial charge on any atom is -0.493 e. The van der Waals surface area contributed by atoms with Gasteiger partial charge in [-0.1, -0.05) is 36.4 Å². The molecule has 2 N–H and O–H groups in total. The van der Waals surface area contributed by atoms with Crippen molar-refractivity contribution in [2.45, 2.75) is 26.5 Å². The summed E-state index contributed by atoms with van der Waals surface area (Å²) in [5.41, 5.74) is 3.54. The van der Waals surface area contributed by atoms with Gasteiger partial charge in [0.2, 0.25) is 0 Å². The lowest BCUT2D eigenvalue weighted by atomic mass is 10.1. The van der Waals surface area contributed by atoms with Crippen LogP contribution in [0.4, 0.5) is 0 Å². The topological polar surface area (TPSA) is 42.5 Å². The fraction of sp³-hybridized carbons (Fsp3) is 0.400. The molecule has 0 atom stereocenters. The fourth-order valence-electron chi connectivity index (χ4n) is 2.56. The van der Waals surface area contributed by atoms with Gasteiger partial charge in [-0.15, -0.1) is 0 Å². The molecule has 4 heteroatoms. The monoisotopic (exact) mass is 328 g/mol. The minimum atomic E-state index is 0.541. The van der Waals surface area contributed by atoms with Crippen molar-refractivity contribution in [1.82, 2.24) is 10.6 Å². The van der Waals surface area contributed by atoms with Crippen molar-refractivity contribution < 1.29 is 9.47 Å². The lowest BCUT2D eigenvalue weighted by molar-refractivity contribution is 0.280. The Bertz CT molecular complexity index is 629. The molecule has 0 amide bonds. The summed E-state index contributed by atoms with van der Waals surface area (Å²) in [7, 11) is 3.65. The SMILES string of the molecule is CNCCCNCc1cccc(OC)c1OCc1ccccc1C. The zero-order valence-corrected chi connectivity index (χ0v) is 14.9. The zero-order chi connectivity index (χ0) is 17.2. The molecule has 0 heterocycles. The highest BCUT2D eigenvalue weighted by atomic mass is 16.5. The van der Waals surface area contributed by atoms with Gasteiger partial charge in [0.05, 0.1) is 7.11 Å². The van der Waals surface area contributed by atoms with E-state index < -0.39 is 0 Å². The Kier molecular flexibility index (Phi) is 7.59. The van der Waals surface area contributed by atoms with Crippen LogP contribution in [0.25, 0.3) is 0 Å². The molecule has 0 aliphatic heterocycles. The third-order valence-electron chi connectivity index (χ3n) is 4.01. The second-order valence-corrected chi connectivity index (χ2v) is 5.80. The lowest BCUT2D eigenvalue weighted by Gasteiger charge is -2.16. The van der Waals surface area contributed by atoms with E-state index in [0.29, 0.717) is 6.61 Å². The first kappa shape index (κ1) is 18.3. The Morgan fingerprint density at radius 1 is 0.958 bits per heavy atom. The fourth-order valence-corrected chi connectivity index (χ4v) is 2.56. The van der Waals surface area contributed by atoms with Gasteiger partial charge in [0, 0.05) is 12.1 Å². The van der Waals surface area contributed by atoms with Crippen LogP contribution in [0.5, 0.6) is 11.5 Å². The van der Waals surface area contributed by atoms with Crippen molar-refractivity contribution in [3.63, 3.8) is 0 Å². The van der Waals surface area contributed by atoms with Crippen LogP contribution in [-0.4, -0.2) is 27.2 Å². The van der Waals surface area contributed by atoms with Gasteiger partial charge < -0.3 is 20.1 Å². The number of methoxy groups -OCH3 is 1. The van der Waals surface area contributed by atoms with Crippen LogP contribution >= 0.6 is 0 Å². The van der Waals surface area contributed by atoms with Crippen LogP contribution < -0.4 is 20.1 Å². The molecule has 0 aliphatic carbocycles. The first-order valence-electron chi connectivity index (χ1n) is 8.44. The molecule has 24 heavy (non-hydrogen) atoms. The van der Waals surface area contributed by atoms with Crippen molar-refractivity contribution in [3.05, 3.63) is 59.2 Å². The van der Waals surface area contributed by atoms with Crippen molar-refractivity contribution in [2.24, 2.45) is 0 Å². The molecule has 0 unspecified atom stereocenters. The van der Waals surface area contributed by atoms with Crippen molar-refractivity contribution >= 4 is 0 Å². The summed E-state index contributed by atoms with van der Waals surface area (Å²) < 4.78 is 11.6. The van der Waals surface area contributed by atoms with E-state index in [-0.39, 0.29) is 0 Å². The summed E-state index contributed by atoms with van der Waals surface area (Å²) in [5.74, 6) is 1.60. The Labute approximate surface area is 145 Å². The molecule has 0 radical (unpaired) electrons. The molecular formula is C20H28N2O2. The van der Waals surface area contributed by atoms with Crippen LogP contribution in [0.1, 0.15) is 23.1 Å². The highest BCUT2D eigenvalue weighted by Crippen LogP contribution is 2.32. The normalized spacial score (nSPS) is 10.6. The molecule has 0 aliphatic rings. The van der Waals surface area contributed by atoms with E-state index in [1.54, 1.807) is 7.11 Å². The van der Waals surface area contributed by atoms with Crippen LogP contribution in [0.15, 0.2) is 42.5 Å². The van der Waals surface area contributed by atoms with E-state index in [4.69, 9.17) is 9.47 Å². The maximum Gasteiger partial charge on any atom is 0.166 e. The van der Waals surface area contributed by atoms with Gasteiger partial charge in [0.1, 0.15) is 6.61 Å². The van der Waals surface area contributed by atoms with Gasteiger partial charge in [-0.2, -0.15) is 0 Å². The first-order chi connectivity index (χ1) is 11.8. The van der Waals surface area contributed by atoms with Crippen LogP contribution in [0.2, 0.25) is 0 Å². The van der Waals surface area contributed by atoms with Gasteiger partial charge in [-0.3, -0.25) is 0 Å². The summed E-state index contributed by atoms with van der Waals surface area (Å²) in [6.07, 6.45) is 1.10. The molecular weight excluding hydrogens is 300 g/mol. The van der Waals surface area contributed by atoms with E-state index in [0.717, 1.165) is 43.1 Å². The quantitative estimate of drug-likeness (QED) is 0.657.